The molecule has 1 N–H and O–H groups in total. The molecule has 0 aromatic heterocycles. The van der Waals surface area contributed by atoms with Gasteiger partial charge in [-0.2, -0.15) is 0 Å². The van der Waals surface area contributed by atoms with Crippen LogP contribution >= 0.6 is 0 Å². The lowest BCUT2D eigenvalue weighted by molar-refractivity contribution is -0.102. The average molecular weight is 152 g/mol. The Bertz CT molecular complexity index is 200. The third-order valence-electron chi connectivity index (χ3n) is 2.48. The van der Waals surface area contributed by atoms with E-state index in [1.807, 2.05) is 0 Å². The van der Waals surface area contributed by atoms with Crippen LogP contribution in [0, 0.1) is 0 Å². The number of nitrogens with one attached hydrogen (secondary N) is 1. The maximum absolute atomic E-state index is 10.4. The van der Waals surface area contributed by atoms with Gasteiger partial charge in [-0.15, -0.1) is 0 Å². The molecule has 2 aliphatic rings. The number of fused-ring (bicyclic) bond motifs is 1. The van der Waals surface area contributed by atoms with E-state index in [4.69, 9.17) is 0 Å². The van der Waals surface area contributed by atoms with Gasteiger partial charge in [0.1, 0.15) is 0 Å². The number of aliphatic imine (C=N–C) groups is 1. The van der Waals surface area contributed by atoms with Crippen LogP contribution < -0.4 is 5.32 Å². The van der Waals surface area contributed by atoms with Crippen LogP contribution in [0.25, 0.3) is 0 Å². The fourth-order valence-corrected chi connectivity index (χ4v) is 1.90. The van der Waals surface area contributed by atoms with E-state index in [0.717, 1.165) is 12.7 Å². The minimum atomic E-state index is 0.393. The Morgan fingerprint density at radius 2 is 2.27 bits per heavy atom. The molecule has 0 aromatic rings. The first-order valence-electron chi connectivity index (χ1n) is 4.19. The Kier molecular flexibility index (Phi) is 1.64. The molecule has 1 aliphatic heterocycles. The zero-order chi connectivity index (χ0) is 7.68. The van der Waals surface area contributed by atoms with Crippen molar-refractivity contribution in [2.24, 2.45) is 4.99 Å². The summed E-state index contributed by atoms with van der Waals surface area (Å²) in [6.45, 7) is 0. The minimum absolute atomic E-state index is 0.393. The van der Waals surface area contributed by atoms with Gasteiger partial charge in [0.05, 0.1) is 12.1 Å². The van der Waals surface area contributed by atoms with Crippen molar-refractivity contribution in [3.05, 3.63) is 0 Å². The van der Waals surface area contributed by atoms with Gasteiger partial charge in [0.25, 0.3) is 0 Å². The van der Waals surface area contributed by atoms with Gasteiger partial charge in [0, 0.05) is 0 Å². The largest absolute Gasteiger partial charge is 0.363 e. The highest BCUT2D eigenvalue weighted by molar-refractivity contribution is 6.27. The van der Waals surface area contributed by atoms with Crippen molar-refractivity contribution in [2.75, 3.05) is 0 Å². The molecule has 11 heavy (non-hydrogen) atoms. The molecule has 1 saturated carbocycles. The molecule has 0 bridgehead atoms. The first-order chi connectivity index (χ1) is 5.40. The Hall–Kier alpha value is -0.860. The van der Waals surface area contributed by atoms with Gasteiger partial charge in [0.2, 0.25) is 0 Å². The zero-order valence-electron chi connectivity index (χ0n) is 6.42. The lowest BCUT2D eigenvalue weighted by Gasteiger charge is -2.22. The van der Waals surface area contributed by atoms with E-state index < -0.39 is 0 Å². The van der Waals surface area contributed by atoms with Crippen molar-refractivity contribution >= 4 is 12.1 Å². The number of amidine groups is 1. The predicted octanol–water partition coefficient (Wildman–Crippen LogP) is 0.498. The molecule has 1 heterocycles. The number of aldehydes is 1. The molecule has 2 unspecified atom stereocenters. The summed E-state index contributed by atoms with van der Waals surface area (Å²) in [5, 5.41) is 3.12. The van der Waals surface area contributed by atoms with Crippen LogP contribution in [0.2, 0.25) is 0 Å². The standard InChI is InChI=1S/C8H12N2O/c11-5-8-9-6-3-1-2-4-7(6)10-8/h5-7H,1-4H2,(H,9,10). The number of rotatable bonds is 1. The molecule has 1 aliphatic carbocycles. The summed E-state index contributed by atoms with van der Waals surface area (Å²) >= 11 is 0. The maximum atomic E-state index is 10.4. The summed E-state index contributed by atoms with van der Waals surface area (Å²) in [6, 6.07) is 0.855. The lowest BCUT2D eigenvalue weighted by atomic mass is 9.92. The molecular weight excluding hydrogens is 140 g/mol. The van der Waals surface area contributed by atoms with E-state index in [0.29, 0.717) is 17.9 Å². The van der Waals surface area contributed by atoms with E-state index in [2.05, 4.69) is 10.3 Å². The third kappa shape index (κ3) is 1.15. The van der Waals surface area contributed by atoms with E-state index >= 15 is 0 Å². The number of carbonyl (C=O) groups is 1. The van der Waals surface area contributed by atoms with Crippen LogP contribution in [-0.2, 0) is 4.79 Å². The SMILES string of the molecule is O=CC1=NC2CCCCC2N1. The van der Waals surface area contributed by atoms with Gasteiger partial charge in [-0.3, -0.25) is 9.79 Å². The number of hydrogen-bond acceptors (Lipinski definition) is 3. The molecule has 0 aromatic carbocycles. The summed E-state index contributed by atoms with van der Waals surface area (Å²) in [7, 11) is 0. The minimum Gasteiger partial charge on any atom is -0.363 e. The fraction of sp³-hybridized carbons (Fsp3) is 0.750. The van der Waals surface area contributed by atoms with E-state index in [-0.39, 0.29) is 0 Å². The quantitative estimate of drug-likeness (QED) is 0.556. The highest BCUT2D eigenvalue weighted by atomic mass is 16.1. The second kappa shape index (κ2) is 2.64. The molecule has 60 valence electrons. The first kappa shape index (κ1) is 6.83. The molecule has 0 saturated heterocycles. The van der Waals surface area contributed by atoms with Crippen LogP contribution in [-0.4, -0.2) is 24.2 Å². The molecule has 1 fully saturated rings. The van der Waals surface area contributed by atoms with E-state index in [1.165, 1.54) is 19.3 Å². The van der Waals surface area contributed by atoms with Gasteiger partial charge in [0.15, 0.2) is 12.1 Å². The van der Waals surface area contributed by atoms with Crippen LogP contribution in [0.5, 0.6) is 0 Å². The zero-order valence-corrected chi connectivity index (χ0v) is 6.42. The highest BCUT2D eigenvalue weighted by Crippen LogP contribution is 2.24. The van der Waals surface area contributed by atoms with Gasteiger partial charge >= 0.3 is 0 Å². The summed E-state index contributed by atoms with van der Waals surface area (Å²) < 4.78 is 0. The molecule has 3 heteroatoms. The molecule has 0 radical (unpaired) electrons. The Balaban J connectivity index is 2.07. The highest BCUT2D eigenvalue weighted by Gasteiger charge is 2.30. The summed E-state index contributed by atoms with van der Waals surface area (Å²) in [6.07, 6.45) is 5.67. The second-order valence-corrected chi connectivity index (χ2v) is 3.23. The summed E-state index contributed by atoms with van der Waals surface area (Å²) in [4.78, 5) is 14.6. The smallest absolute Gasteiger partial charge is 0.184 e. The van der Waals surface area contributed by atoms with Crippen molar-refractivity contribution in [2.45, 2.75) is 37.8 Å². The second-order valence-electron chi connectivity index (χ2n) is 3.23. The van der Waals surface area contributed by atoms with Gasteiger partial charge in [-0.1, -0.05) is 12.8 Å². The Labute approximate surface area is 65.9 Å². The van der Waals surface area contributed by atoms with Crippen molar-refractivity contribution in [1.29, 1.82) is 0 Å². The number of carbonyl (C=O) groups excluding carboxylic acids is 1. The number of nitrogens with zero attached hydrogens (tertiary/aromatic N) is 1. The molecular formula is C8H12N2O. The molecule has 2 atom stereocenters. The predicted molar refractivity (Wildman–Crippen MR) is 42.7 cm³/mol. The number of hydrogen-bond donors (Lipinski definition) is 1. The molecule has 2 rings (SSSR count). The Morgan fingerprint density at radius 1 is 1.45 bits per heavy atom. The topological polar surface area (TPSA) is 41.5 Å². The van der Waals surface area contributed by atoms with Crippen molar-refractivity contribution in [3.63, 3.8) is 0 Å². The van der Waals surface area contributed by atoms with Crippen LogP contribution in [0.4, 0.5) is 0 Å². The van der Waals surface area contributed by atoms with Gasteiger partial charge in [-0.25, -0.2) is 0 Å². The average Bonchev–Trinajstić information content (AvgIpc) is 2.46. The molecule has 0 amide bonds. The van der Waals surface area contributed by atoms with Crippen molar-refractivity contribution < 1.29 is 4.79 Å². The van der Waals surface area contributed by atoms with E-state index in [9.17, 15) is 4.79 Å². The van der Waals surface area contributed by atoms with Gasteiger partial charge in [-0.05, 0) is 12.8 Å². The lowest BCUT2D eigenvalue weighted by Crippen LogP contribution is -2.37. The third-order valence-corrected chi connectivity index (χ3v) is 2.48. The summed E-state index contributed by atoms with van der Waals surface area (Å²) in [5.74, 6) is 0.557. The first-order valence-corrected chi connectivity index (χ1v) is 4.19. The summed E-state index contributed by atoms with van der Waals surface area (Å²) in [5.41, 5.74) is 0. The van der Waals surface area contributed by atoms with E-state index in [1.54, 1.807) is 0 Å². The molecule has 0 spiro atoms. The molecule has 3 nitrogen and oxygen atoms in total. The monoisotopic (exact) mass is 152 g/mol. The van der Waals surface area contributed by atoms with Crippen LogP contribution in [0.1, 0.15) is 25.7 Å². The van der Waals surface area contributed by atoms with Crippen molar-refractivity contribution in [1.82, 2.24) is 5.32 Å². The normalized spacial score (nSPS) is 35.5. The van der Waals surface area contributed by atoms with Crippen molar-refractivity contribution in [3.8, 4) is 0 Å². The Morgan fingerprint density at radius 3 is 3.00 bits per heavy atom. The maximum Gasteiger partial charge on any atom is 0.184 e. The van der Waals surface area contributed by atoms with Crippen LogP contribution in [0.3, 0.4) is 0 Å². The van der Waals surface area contributed by atoms with Gasteiger partial charge < -0.3 is 5.32 Å². The fourth-order valence-electron chi connectivity index (χ4n) is 1.90. The van der Waals surface area contributed by atoms with Crippen LogP contribution in [0.15, 0.2) is 4.99 Å².